The maximum absolute atomic E-state index is 13.6. The molecule has 8 heteroatoms. The third-order valence-corrected chi connectivity index (χ3v) is 8.09. The van der Waals surface area contributed by atoms with Crippen molar-refractivity contribution in [1.82, 2.24) is 14.8 Å². The van der Waals surface area contributed by atoms with Gasteiger partial charge in [-0.15, -0.1) is 0 Å². The first-order valence-electron chi connectivity index (χ1n) is 11.3. The summed E-state index contributed by atoms with van der Waals surface area (Å²) in [5.41, 5.74) is 6.00. The molecule has 1 unspecified atom stereocenters. The zero-order valence-electron chi connectivity index (χ0n) is 19.4. The van der Waals surface area contributed by atoms with Crippen LogP contribution in [0.15, 0.2) is 54.6 Å². The molecule has 0 bridgehead atoms. The molecule has 1 aliphatic rings. The average molecular weight is 475 g/mol. The van der Waals surface area contributed by atoms with Gasteiger partial charge in [-0.2, -0.15) is 5.10 Å². The van der Waals surface area contributed by atoms with Gasteiger partial charge >= 0.3 is 0 Å². The van der Waals surface area contributed by atoms with Crippen LogP contribution in [0.3, 0.4) is 0 Å². The maximum Gasteiger partial charge on any atom is 0.256 e. The Labute approximate surface area is 198 Å². The summed E-state index contributed by atoms with van der Waals surface area (Å²) in [6.07, 6.45) is 0.486. The van der Waals surface area contributed by atoms with E-state index in [9.17, 15) is 13.2 Å². The Hall–Kier alpha value is -3.52. The quantitative estimate of drug-likeness (QED) is 0.465. The number of nitrogens with one attached hydrogen (secondary N) is 1. The molecule has 4 aromatic rings. The Bertz CT molecular complexity index is 1520. The van der Waals surface area contributed by atoms with Crippen molar-refractivity contribution in [3.05, 3.63) is 77.0 Å². The molecular weight excluding hydrogens is 448 g/mol. The van der Waals surface area contributed by atoms with Crippen molar-refractivity contribution in [1.29, 1.82) is 0 Å². The molecule has 0 saturated carbocycles. The number of fused-ring (bicyclic) bond motifs is 1. The molecule has 0 spiro atoms. The standard InChI is InChI=1S/C26H26N4O3S/c1-16-9-10-22(17(2)13-16)28-26(31)21-14-23(19-7-5-4-6-8-19)27-25-24(21)18(3)29-30(25)20-11-12-34(32,33)15-20/h4-10,13-14,20H,11-12,15H2,1-3H3,(H,28,31). The third-order valence-electron chi connectivity index (χ3n) is 6.34. The molecule has 5 rings (SSSR count). The van der Waals surface area contributed by atoms with Crippen LogP contribution in [0.1, 0.15) is 39.6 Å². The van der Waals surface area contributed by atoms with Crippen LogP contribution < -0.4 is 5.32 Å². The first-order chi connectivity index (χ1) is 16.2. The van der Waals surface area contributed by atoms with Gasteiger partial charge in [0.05, 0.1) is 39.9 Å². The number of aryl methyl sites for hydroxylation is 3. The number of pyridine rings is 1. The van der Waals surface area contributed by atoms with Crippen molar-refractivity contribution in [3.63, 3.8) is 0 Å². The van der Waals surface area contributed by atoms with Crippen molar-refractivity contribution >= 4 is 32.5 Å². The van der Waals surface area contributed by atoms with Gasteiger partial charge in [0.25, 0.3) is 5.91 Å². The normalized spacial score (nSPS) is 17.2. The van der Waals surface area contributed by atoms with E-state index in [0.717, 1.165) is 22.4 Å². The van der Waals surface area contributed by atoms with Crippen LogP contribution in [0, 0.1) is 20.8 Å². The largest absolute Gasteiger partial charge is 0.322 e. The molecule has 1 saturated heterocycles. The second-order valence-corrected chi connectivity index (χ2v) is 11.2. The minimum absolute atomic E-state index is 0.0323. The van der Waals surface area contributed by atoms with Crippen LogP contribution in [0.2, 0.25) is 0 Å². The summed E-state index contributed by atoms with van der Waals surface area (Å²) in [4.78, 5) is 18.4. The highest BCUT2D eigenvalue weighted by Crippen LogP contribution is 2.32. The molecule has 2 aromatic carbocycles. The molecule has 174 valence electrons. The summed E-state index contributed by atoms with van der Waals surface area (Å²) >= 11 is 0. The van der Waals surface area contributed by atoms with E-state index in [-0.39, 0.29) is 23.5 Å². The van der Waals surface area contributed by atoms with E-state index in [1.165, 1.54) is 0 Å². The van der Waals surface area contributed by atoms with E-state index in [4.69, 9.17) is 4.98 Å². The summed E-state index contributed by atoms with van der Waals surface area (Å²) in [6, 6.07) is 17.0. The van der Waals surface area contributed by atoms with E-state index in [2.05, 4.69) is 10.4 Å². The zero-order valence-corrected chi connectivity index (χ0v) is 20.2. The number of hydrogen-bond donors (Lipinski definition) is 1. The van der Waals surface area contributed by atoms with E-state index >= 15 is 0 Å². The molecule has 7 nitrogen and oxygen atoms in total. The summed E-state index contributed by atoms with van der Waals surface area (Å²) in [5, 5.41) is 8.35. The second-order valence-electron chi connectivity index (χ2n) is 8.98. The van der Waals surface area contributed by atoms with Crippen molar-refractivity contribution in [2.75, 3.05) is 16.8 Å². The van der Waals surface area contributed by atoms with Crippen molar-refractivity contribution < 1.29 is 13.2 Å². The SMILES string of the molecule is Cc1ccc(NC(=O)c2cc(-c3ccccc3)nc3c2c(C)nn3C2CCS(=O)(=O)C2)c(C)c1. The van der Waals surface area contributed by atoms with Crippen molar-refractivity contribution in [2.24, 2.45) is 0 Å². The number of amides is 1. The van der Waals surface area contributed by atoms with Gasteiger partial charge in [0.1, 0.15) is 0 Å². The number of carbonyl (C=O) groups excluding carboxylic acids is 1. The number of sulfone groups is 1. The molecule has 2 aromatic heterocycles. The molecule has 1 amide bonds. The Kier molecular flexibility index (Phi) is 5.48. The molecule has 1 fully saturated rings. The lowest BCUT2D eigenvalue weighted by Crippen LogP contribution is -2.15. The lowest BCUT2D eigenvalue weighted by molar-refractivity contribution is 0.102. The molecule has 0 aliphatic carbocycles. The van der Waals surface area contributed by atoms with Crippen LogP contribution in [-0.2, 0) is 9.84 Å². The Balaban J connectivity index is 1.67. The highest BCUT2D eigenvalue weighted by molar-refractivity contribution is 7.91. The minimum Gasteiger partial charge on any atom is -0.322 e. The number of nitrogens with zero attached hydrogens (tertiary/aromatic N) is 3. The Morgan fingerprint density at radius 2 is 1.82 bits per heavy atom. The van der Waals surface area contributed by atoms with Crippen LogP contribution in [-0.4, -0.2) is 40.6 Å². The lowest BCUT2D eigenvalue weighted by Gasteiger charge is -2.13. The van der Waals surface area contributed by atoms with E-state index in [1.54, 1.807) is 10.7 Å². The van der Waals surface area contributed by atoms with Gasteiger partial charge in [0.15, 0.2) is 15.5 Å². The van der Waals surface area contributed by atoms with Gasteiger partial charge in [0, 0.05) is 11.3 Å². The van der Waals surface area contributed by atoms with Gasteiger partial charge in [-0.1, -0.05) is 48.0 Å². The predicted molar refractivity (Wildman–Crippen MR) is 134 cm³/mol. The topological polar surface area (TPSA) is 93.9 Å². The van der Waals surface area contributed by atoms with Gasteiger partial charge in [-0.3, -0.25) is 4.79 Å². The van der Waals surface area contributed by atoms with E-state index in [0.29, 0.717) is 34.4 Å². The first-order valence-corrected chi connectivity index (χ1v) is 13.1. The van der Waals surface area contributed by atoms with E-state index < -0.39 is 9.84 Å². The summed E-state index contributed by atoms with van der Waals surface area (Å²) in [7, 11) is -3.11. The number of hydrogen-bond acceptors (Lipinski definition) is 5. The van der Waals surface area contributed by atoms with Crippen molar-refractivity contribution in [2.45, 2.75) is 33.2 Å². The van der Waals surface area contributed by atoms with Crippen LogP contribution in [0.4, 0.5) is 5.69 Å². The summed E-state index contributed by atoms with van der Waals surface area (Å²) < 4.78 is 26.0. The molecular formula is C26H26N4O3S. The van der Waals surface area contributed by atoms with Gasteiger partial charge in [0.2, 0.25) is 0 Å². The smallest absolute Gasteiger partial charge is 0.256 e. The second kappa shape index (κ2) is 8.36. The van der Waals surface area contributed by atoms with Gasteiger partial charge < -0.3 is 5.32 Å². The predicted octanol–water partition coefficient (Wildman–Crippen LogP) is 4.64. The minimum atomic E-state index is -3.11. The monoisotopic (exact) mass is 474 g/mol. The molecule has 1 aliphatic heterocycles. The Morgan fingerprint density at radius 1 is 1.06 bits per heavy atom. The lowest BCUT2D eigenvalue weighted by atomic mass is 10.0. The Morgan fingerprint density at radius 3 is 2.50 bits per heavy atom. The summed E-state index contributed by atoms with van der Waals surface area (Å²) in [6.45, 7) is 5.81. The van der Waals surface area contributed by atoms with Gasteiger partial charge in [-0.05, 0) is 44.9 Å². The number of aromatic nitrogens is 3. The van der Waals surface area contributed by atoms with E-state index in [1.807, 2.05) is 69.3 Å². The number of anilines is 1. The van der Waals surface area contributed by atoms with Crippen molar-refractivity contribution in [3.8, 4) is 11.3 Å². The average Bonchev–Trinajstić information content (AvgIpc) is 3.34. The first kappa shape index (κ1) is 22.3. The fourth-order valence-corrected chi connectivity index (χ4v) is 6.31. The van der Waals surface area contributed by atoms with Crippen LogP contribution >= 0.6 is 0 Å². The fourth-order valence-electron chi connectivity index (χ4n) is 4.62. The van der Waals surface area contributed by atoms with Crippen LogP contribution in [0.25, 0.3) is 22.3 Å². The maximum atomic E-state index is 13.6. The molecule has 34 heavy (non-hydrogen) atoms. The third kappa shape index (κ3) is 4.09. The number of benzene rings is 2. The number of rotatable bonds is 4. The molecule has 3 heterocycles. The molecule has 0 radical (unpaired) electrons. The highest BCUT2D eigenvalue weighted by atomic mass is 32.2. The van der Waals surface area contributed by atoms with Crippen LogP contribution in [0.5, 0.6) is 0 Å². The number of carbonyl (C=O) groups is 1. The fraction of sp³-hybridized carbons (Fsp3) is 0.269. The summed E-state index contributed by atoms with van der Waals surface area (Å²) in [5.74, 6) is -0.0839. The highest BCUT2D eigenvalue weighted by Gasteiger charge is 2.32. The van der Waals surface area contributed by atoms with Gasteiger partial charge in [-0.25, -0.2) is 18.1 Å². The molecule has 1 N–H and O–H groups in total. The molecule has 1 atom stereocenters. The zero-order chi connectivity index (χ0) is 24.0.